The van der Waals surface area contributed by atoms with Crippen LogP contribution in [0.2, 0.25) is 0 Å². The van der Waals surface area contributed by atoms with Gasteiger partial charge in [0.25, 0.3) is 0 Å². The Morgan fingerprint density at radius 2 is 1.25 bits per heavy atom. The number of likely N-dealkylation sites (tertiary alicyclic amines) is 1. The number of hydrogen-bond donors (Lipinski definition) is 4. The molecule has 1 heterocycles. The van der Waals surface area contributed by atoms with Gasteiger partial charge < -0.3 is 35.4 Å². The number of aliphatic hydroxyl groups excluding tert-OH is 1. The average Bonchev–Trinajstić information content (AvgIpc) is 3.13. The summed E-state index contributed by atoms with van der Waals surface area (Å²) < 4.78 is 11.0. The summed E-state index contributed by atoms with van der Waals surface area (Å²) >= 11 is 0. The number of nitrogens with one attached hydrogen (secondary N) is 3. The predicted octanol–water partition coefficient (Wildman–Crippen LogP) is 5.79. The molecule has 0 radical (unpaired) electrons. The van der Waals surface area contributed by atoms with Gasteiger partial charge in [-0.25, -0.2) is 9.59 Å². The van der Waals surface area contributed by atoms with Crippen LogP contribution in [0.4, 0.5) is 9.59 Å². The molecule has 0 aliphatic carbocycles. The van der Waals surface area contributed by atoms with Crippen molar-refractivity contribution in [3.63, 3.8) is 0 Å². The highest BCUT2D eigenvalue weighted by atomic mass is 16.6. The summed E-state index contributed by atoms with van der Waals surface area (Å²) in [5.74, 6) is -0.986. The Morgan fingerprint density at radius 3 is 1.74 bits per heavy atom. The molecule has 3 aromatic carbocycles. The van der Waals surface area contributed by atoms with Crippen molar-refractivity contribution in [3.05, 3.63) is 108 Å². The first kappa shape index (κ1) is 40.9. The van der Waals surface area contributed by atoms with Crippen LogP contribution in [0.5, 0.6) is 0 Å². The number of rotatable bonds is 15. The summed E-state index contributed by atoms with van der Waals surface area (Å²) in [4.78, 5) is 55.0. The predicted molar refractivity (Wildman–Crippen MR) is 204 cm³/mol. The van der Waals surface area contributed by atoms with Gasteiger partial charge in [-0.1, -0.05) is 105 Å². The largest absolute Gasteiger partial charge is 0.445 e. The Bertz CT molecular complexity index is 1590. The van der Waals surface area contributed by atoms with Gasteiger partial charge in [0.1, 0.15) is 18.2 Å². The molecular formula is C42H56N4O7. The topological polar surface area (TPSA) is 146 Å². The van der Waals surface area contributed by atoms with Gasteiger partial charge in [-0.15, -0.1) is 0 Å². The first-order valence-corrected chi connectivity index (χ1v) is 18.6. The average molecular weight is 729 g/mol. The van der Waals surface area contributed by atoms with Gasteiger partial charge in [0, 0.05) is 19.0 Å². The van der Waals surface area contributed by atoms with E-state index in [1.165, 1.54) is 0 Å². The van der Waals surface area contributed by atoms with E-state index in [2.05, 4.69) is 16.0 Å². The molecule has 4 amide bonds. The van der Waals surface area contributed by atoms with Crippen molar-refractivity contribution >= 4 is 24.0 Å². The zero-order valence-corrected chi connectivity index (χ0v) is 31.6. The number of carbonyl (C=O) groups is 4. The van der Waals surface area contributed by atoms with E-state index in [9.17, 15) is 24.3 Å². The molecule has 3 aromatic rings. The number of benzene rings is 3. The van der Waals surface area contributed by atoms with E-state index in [1.807, 2.05) is 105 Å². The number of amides is 4. The molecule has 1 saturated heterocycles. The molecule has 3 unspecified atom stereocenters. The maximum atomic E-state index is 14.1. The van der Waals surface area contributed by atoms with Gasteiger partial charge in [-0.2, -0.15) is 0 Å². The number of aliphatic hydroxyl groups is 1. The Morgan fingerprint density at radius 1 is 0.755 bits per heavy atom. The van der Waals surface area contributed by atoms with Crippen LogP contribution in [0.25, 0.3) is 0 Å². The molecule has 0 saturated carbocycles. The molecule has 0 aromatic heterocycles. The molecule has 11 nitrogen and oxygen atoms in total. The van der Waals surface area contributed by atoms with Gasteiger partial charge in [0.2, 0.25) is 11.8 Å². The van der Waals surface area contributed by atoms with Crippen LogP contribution in [-0.4, -0.2) is 76.9 Å². The van der Waals surface area contributed by atoms with E-state index in [1.54, 1.807) is 25.7 Å². The lowest BCUT2D eigenvalue weighted by Gasteiger charge is -2.34. The van der Waals surface area contributed by atoms with Crippen LogP contribution in [-0.2, 0) is 38.5 Å². The van der Waals surface area contributed by atoms with Crippen molar-refractivity contribution in [1.29, 1.82) is 0 Å². The van der Waals surface area contributed by atoms with Crippen molar-refractivity contribution in [2.45, 2.75) is 103 Å². The number of alkyl carbamates (subject to hydrolysis) is 1. The van der Waals surface area contributed by atoms with Crippen LogP contribution in [0, 0.1) is 11.8 Å². The van der Waals surface area contributed by atoms with E-state index >= 15 is 0 Å². The summed E-state index contributed by atoms with van der Waals surface area (Å²) in [5.41, 5.74) is 1.91. The lowest BCUT2D eigenvalue weighted by atomic mass is 9.91. The third-order valence-corrected chi connectivity index (χ3v) is 9.12. The molecular weight excluding hydrogens is 672 g/mol. The zero-order valence-electron chi connectivity index (χ0n) is 31.6. The molecule has 4 N–H and O–H groups in total. The van der Waals surface area contributed by atoms with Crippen molar-refractivity contribution in [3.8, 4) is 0 Å². The molecule has 1 aliphatic heterocycles. The molecule has 1 fully saturated rings. The first-order valence-electron chi connectivity index (χ1n) is 18.6. The van der Waals surface area contributed by atoms with Gasteiger partial charge in [0.05, 0.1) is 18.2 Å². The smallest absolute Gasteiger partial charge is 0.410 e. The maximum absolute atomic E-state index is 14.1. The molecule has 1 aliphatic rings. The Hall–Kier alpha value is -4.90. The third kappa shape index (κ3) is 13.9. The second-order valence-corrected chi connectivity index (χ2v) is 15.2. The molecule has 53 heavy (non-hydrogen) atoms. The molecule has 11 heteroatoms. The van der Waals surface area contributed by atoms with Crippen molar-refractivity contribution in [2.24, 2.45) is 11.8 Å². The maximum Gasteiger partial charge on any atom is 0.410 e. The SMILES string of the molecule is CC(C)C[C@H](NC(=O)C1CCN(C(=O)OCc2ccccc2)CC1)C(=O)NC(Cc1ccccc1)C(O)C(Cc1ccccc1)NC(=O)OC(C)(C)C. The third-order valence-electron chi connectivity index (χ3n) is 9.12. The molecule has 0 spiro atoms. The van der Waals surface area contributed by atoms with Crippen LogP contribution >= 0.6 is 0 Å². The van der Waals surface area contributed by atoms with E-state index in [4.69, 9.17) is 9.47 Å². The normalized spacial score (nSPS) is 15.8. The van der Waals surface area contributed by atoms with Crippen LogP contribution < -0.4 is 16.0 Å². The molecule has 286 valence electrons. The fourth-order valence-electron chi connectivity index (χ4n) is 6.40. The summed E-state index contributed by atoms with van der Waals surface area (Å²) in [6.07, 6.45) is -0.511. The van der Waals surface area contributed by atoms with Crippen molar-refractivity contribution < 1.29 is 33.8 Å². The Labute approximate surface area is 313 Å². The number of ether oxygens (including phenoxy) is 2. The minimum absolute atomic E-state index is 0.0736. The summed E-state index contributed by atoms with van der Waals surface area (Å²) in [5, 5.41) is 20.9. The van der Waals surface area contributed by atoms with E-state index in [0.717, 1.165) is 16.7 Å². The second-order valence-electron chi connectivity index (χ2n) is 15.2. The molecule has 0 bridgehead atoms. The Balaban J connectivity index is 1.45. The van der Waals surface area contributed by atoms with E-state index in [-0.39, 0.29) is 37.2 Å². The summed E-state index contributed by atoms with van der Waals surface area (Å²) in [6, 6.07) is 25.9. The number of carbonyl (C=O) groups excluding carboxylic acids is 4. The Kier molecular flexibility index (Phi) is 15.3. The lowest BCUT2D eigenvalue weighted by molar-refractivity contribution is -0.133. The summed E-state index contributed by atoms with van der Waals surface area (Å²) in [7, 11) is 0. The minimum Gasteiger partial charge on any atom is -0.445 e. The van der Waals surface area contributed by atoms with Gasteiger partial charge in [-0.05, 0) is 75.5 Å². The monoisotopic (exact) mass is 728 g/mol. The number of nitrogens with zero attached hydrogens (tertiary/aromatic N) is 1. The second kappa shape index (κ2) is 19.8. The van der Waals surface area contributed by atoms with E-state index < -0.39 is 47.9 Å². The first-order chi connectivity index (χ1) is 25.3. The standard InChI is InChI=1S/C42H56N4O7/c1-29(2)25-36(44-38(48)33-21-23-46(24-22-33)41(51)52-28-32-19-13-8-14-20-32)39(49)43-34(26-30-15-9-6-10-16-30)37(47)35(27-31-17-11-7-12-18-31)45-40(50)53-42(3,4)5/h6-20,29,33-37,47H,21-28H2,1-5H3,(H,43,49)(H,44,48)(H,45,50)/t34?,35?,36-,37?/m0/s1. The van der Waals surface area contributed by atoms with Crippen LogP contribution in [0.3, 0.4) is 0 Å². The highest BCUT2D eigenvalue weighted by Crippen LogP contribution is 2.20. The minimum atomic E-state index is -1.23. The highest BCUT2D eigenvalue weighted by Gasteiger charge is 2.35. The van der Waals surface area contributed by atoms with Crippen LogP contribution in [0.15, 0.2) is 91.0 Å². The van der Waals surface area contributed by atoms with Gasteiger partial charge >= 0.3 is 12.2 Å². The quantitative estimate of drug-likeness (QED) is 0.155. The molecule has 4 rings (SSSR count). The fourth-order valence-corrected chi connectivity index (χ4v) is 6.40. The zero-order chi connectivity index (χ0) is 38.4. The van der Waals surface area contributed by atoms with Gasteiger partial charge in [-0.3, -0.25) is 9.59 Å². The molecule has 4 atom stereocenters. The summed E-state index contributed by atoms with van der Waals surface area (Å²) in [6.45, 7) is 10.2. The van der Waals surface area contributed by atoms with Crippen molar-refractivity contribution in [2.75, 3.05) is 13.1 Å². The van der Waals surface area contributed by atoms with E-state index in [0.29, 0.717) is 32.4 Å². The number of piperidine rings is 1. The fraction of sp³-hybridized carbons (Fsp3) is 0.476. The van der Waals surface area contributed by atoms with Crippen molar-refractivity contribution in [1.82, 2.24) is 20.9 Å². The highest BCUT2D eigenvalue weighted by molar-refractivity contribution is 5.89. The number of hydrogen-bond acceptors (Lipinski definition) is 7. The van der Waals surface area contributed by atoms with Gasteiger partial charge in [0.15, 0.2) is 0 Å². The lowest BCUT2D eigenvalue weighted by Crippen LogP contribution is -2.59. The van der Waals surface area contributed by atoms with Crippen LogP contribution in [0.1, 0.15) is 70.6 Å².